The predicted octanol–water partition coefficient (Wildman–Crippen LogP) is 3.89. The Labute approximate surface area is 100 Å². The maximum absolute atomic E-state index is 5.18. The molecule has 1 aromatic carbocycles. The molecule has 0 aliphatic rings. The third kappa shape index (κ3) is 2.67. The van der Waals surface area contributed by atoms with Gasteiger partial charge in [0.15, 0.2) is 0 Å². The molecule has 2 aromatic rings. The van der Waals surface area contributed by atoms with Gasteiger partial charge >= 0.3 is 0 Å². The molecule has 0 N–H and O–H groups in total. The van der Waals surface area contributed by atoms with Crippen LogP contribution in [0.15, 0.2) is 33.7 Å². The molecule has 1 aromatic heterocycles. The Balaban J connectivity index is 2.04. The maximum atomic E-state index is 5.18. The van der Waals surface area contributed by atoms with Crippen LogP contribution in [-0.4, -0.2) is 5.16 Å². The molecule has 0 spiro atoms. The first kappa shape index (κ1) is 11.3. The lowest BCUT2D eigenvalue weighted by Gasteiger charge is -2.04. The molecule has 0 bridgehead atoms. The molecule has 0 amide bonds. The number of hydrogen-bond donors (Lipinski definition) is 0. The van der Waals surface area contributed by atoms with Gasteiger partial charge in [-0.1, -0.05) is 22.9 Å². The predicted molar refractivity (Wildman–Crippen MR) is 66.7 cm³/mol. The highest BCUT2D eigenvalue weighted by Gasteiger charge is 2.04. The largest absolute Gasteiger partial charge is 0.360 e. The molecular weight excluding hydrogens is 218 g/mol. The monoisotopic (exact) mass is 233 g/mol. The van der Waals surface area contributed by atoms with E-state index in [4.69, 9.17) is 4.52 Å². The Bertz CT molecular complexity index is 490. The number of benzene rings is 1. The van der Waals surface area contributed by atoms with E-state index in [1.807, 2.05) is 13.0 Å². The molecule has 0 fully saturated rings. The summed E-state index contributed by atoms with van der Waals surface area (Å²) in [4.78, 5) is 1.31. The fourth-order valence-electron chi connectivity index (χ4n) is 1.59. The maximum Gasteiger partial charge on any atom is 0.147 e. The zero-order valence-corrected chi connectivity index (χ0v) is 10.6. The van der Waals surface area contributed by atoms with E-state index in [9.17, 15) is 0 Å². The molecule has 3 heteroatoms. The lowest BCUT2D eigenvalue weighted by atomic mass is 10.2. The standard InChI is InChI=1S/C13H15NOS/c1-9-4-5-13(10(2)6-9)16-8-12-7-11(3)14-15-12/h4-7H,8H2,1-3H3. The van der Waals surface area contributed by atoms with Crippen molar-refractivity contribution in [2.24, 2.45) is 0 Å². The van der Waals surface area contributed by atoms with E-state index in [1.54, 1.807) is 11.8 Å². The van der Waals surface area contributed by atoms with Gasteiger partial charge in [0.2, 0.25) is 0 Å². The summed E-state index contributed by atoms with van der Waals surface area (Å²) in [6.07, 6.45) is 0. The SMILES string of the molecule is Cc1ccc(SCc2cc(C)no2)c(C)c1. The van der Waals surface area contributed by atoms with Crippen LogP contribution in [0, 0.1) is 20.8 Å². The van der Waals surface area contributed by atoms with Gasteiger partial charge in [0.05, 0.1) is 11.4 Å². The summed E-state index contributed by atoms with van der Waals surface area (Å²) in [7, 11) is 0. The van der Waals surface area contributed by atoms with Crippen molar-refractivity contribution < 1.29 is 4.52 Å². The second kappa shape index (κ2) is 4.74. The first-order valence-electron chi connectivity index (χ1n) is 5.27. The van der Waals surface area contributed by atoms with Crippen LogP contribution in [0.5, 0.6) is 0 Å². The minimum atomic E-state index is 0.838. The molecule has 0 aliphatic heterocycles. The highest BCUT2D eigenvalue weighted by molar-refractivity contribution is 7.98. The van der Waals surface area contributed by atoms with Crippen LogP contribution < -0.4 is 0 Å². The van der Waals surface area contributed by atoms with Crippen LogP contribution >= 0.6 is 11.8 Å². The molecule has 0 saturated carbocycles. The van der Waals surface area contributed by atoms with Gasteiger partial charge in [-0.2, -0.15) is 0 Å². The van der Waals surface area contributed by atoms with Gasteiger partial charge in [0.1, 0.15) is 5.76 Å². The van der Waals surface area contributed by atoms with Gasteiger partial charge in [-0.25, -0.2) is 0 Å². The average Bonchev–Trinajstić information content (AvgIpc) is 2.63. The molecule has 0 unspecified atom stereocenters. The minimum absolute atomic E-state index is 0.838. The summed E-state index contributed by atoms with van der Waals surface area (Å²) in [6.45, 7) is 6.19. The summed E-state index contributed by atoms with van der Waals surface area (Å²) in [5.74, 6) is 1.77. The summed E-state index contributed by atoms with van der Waals surface area (Å²) in [6, 6.07) is 8.49. The van der Waals surface area contributed by atoms with Crippen LogP contribution in [0.2, 0.25) is 0 Å². The number of aromatic nitrogens is 1. The van der Waals surface area contributed by atoms with Gasteiger partial charge in [0, 0.05) is 11.0 Å². The normalized spacial score (nSPS) is 10.7. The van der Waals surface area contributed by atoms with Crippen molar-refractivity contribution in [1.82, 2.24) is 5.16 Å². The molecule has 0 saturated heterocycles. The highest BCUT2D eigenvalue weighted by atomic mass is 32.2. The zero-order chi connectivity index (χ0) is 11.5. The molecule has 2 rings (SSSR count). The van der Waals surface area contributed by atoms with Crippen molar-refractivity contribution in [2.45, 2.75) is 31.4 Å². The van der Waals surface area contributed by atoms with E-state index in [2.05, 4.69) is 37.2 Å². The lowest BCUT2D eigenvalue weighted by molar-refractivity contribution is 0.391. The van der Waals surface area contributed by atoms with Gasteiger partial charge < -0.3 is 4.52 Å². The summed E-state index contributed by atoms with van der Waals surface area (Å²) < 4.78 is 5.18. The topological polar surface area (TPSA) is 26.0 Å². The van der Waals surface area contributed by atoms with Gasteiger partial charge in [-0.3, -0.25) is 0 Å². The Hall–Kier alpha value is -1.22. The molecular formula is C13H15NOS. The highest BCUT2D eigenvalue weighted by Crippen LogP contribution is 2.26. The first-order valence-corrected chi connectivity index (χ1v) is 6.26. The number of rotatable bonds is 3. The number of thioether (sulfide) groups is 1. The number of hydrogen-bond acceptors (Lipinski definition) is 3. The second-order valence-electron chi connectivity index (χ2n) is 3.99. The van der Waals surface area contributed by atoms with Crippen molar-refractivity contribution in [3.63, 3.8) is 0 Å². The molecule has 2 nitrogen and oxygen atoms in total. The van der Waals surface area contributed by atoms with Crippen molar-refractivity contribution in [3.8, 4) is 0 Å². The van der Waals surface area contributed by atoms with E-state index in [-0.39, 0.29) is 0 Å². The Morgan fingerprint density at radius 2 is 2.00 bits per heavy atom. The van der Waals surface area contributed by atoms with Gasteiger partial charge in [-0.05, 0) is 32.4 Å². The van der Waals surface area contributed by atoms with Crippen LogP contribution in [0.25, 0.3) is 0 Å². The fraction of sp³-hybridized carbons (Fsp3) is 0.308. The van der Waals surface area contributed by atoms with Crippen molar-refractivity contribution in [2.75, 3.05) is 0 Å². The Morgan fingerprint density at radius 1 is 1.19 bits per heavy atom. The quantitative estimate of drug-likeness (QED) is 0.752. The molecule has 0 aliphatic carbocycles. The van der Waals surface area contributed by atoms with Crippen LogP contribution in [0.1, 0.15) is 22.6 Å². The van der Waals surface area contributed by atoms with Gasteiger partial charge in [0.25, 0.3) is 0 Å². The second-order valence-corrected chi connectivity index (χ2v) is 5.01. The molecule has 1 heterocycles. The molecule has 0 radical (unpaired) electrons. The van der Waals surface area contributed by atoms with E-state index >= 15 is 0 Å². The van der Waals surface area contributed by atoms with Crippen LogP contribution in [0.4, 0.5) is 0 Å². The fourth-order valence-corrected chi connectivity index (χ4v) is 2.48. The van der Waals surface area contributed by atoms with Gasteiger partial charge in [-0.15, -0.1) is 11.8 Å². The van der Waals surface area contributed by atoms with E-state index in [1.165, 1.54) is 16.0 Å². The smallest absolute Gasteiger partial charge is 0.147 e. The number of aryl methyl sites for hydroxylation is 3. The van der Waals surface area contributed by atoms with E-state index < -0.39 is 0 Å². The summed E-state index contributed by atoms with van der Waals surface area (Å²) >= 11 is 1.79. The summed E-state index contributed by atoms with van der Waals surface area (Å²) in [5, 5.41) is 3.88. The minimum Gasteiger partial charge on any atom is -0.360 e. The lowest BCUT2D eigenvalue weighted by Crippen LogP contribution is -1.83. The third-order valence-electron chi connectivity index (χ3n) is 2.38. The zero-order valence-electron chi connectivity index (χ0n) is 9.78. The number of nitrogens with zero attached hydrogens (tertiary/aromatic N) is 1. The molecule has 0 atom stereocenters. The van der Waals surface area contributed by atoms with Crippen molar-refractivity contribution in [1.29, 1.82) is 0 Å². The molecule has 84 valence electrons. The van der Waals surface area contributed by atoms with E-state index in [0.717, 1.165) is 17.2 Å². The van der Waals surface area contributed by atoms with Crippen LogP contribution in [-0.2, 0) is 5.75 Å². The first-order chi connectivity index (χ1) is 7.65. The average molecular weight is 233 g/mol. The summed E-state index contributed by atoms with van der Waals surface area (Å²) in [5.41, 5.74) is 3.56. The van der Waals surface area contributed by atoms with Crippen molar-refractivity contribution in [3.05, 3.63) is 46.8 Å². The van der Waals surface area contributed by atoms with E-state index in [0.29, 0.717) is 0 Å². The third-order valence-corrected chi connectivity index (χ3v) is 3.58. The Morgan fingerprint density at radius 3 is 2.62 bits per heavy atom. The Kier molecular flexibility index (Phi) is 3.34. The van der Waals surface area contributed by atoms with Crippen LogP contribution in [0.3, 0.4) is 0 Å². The van der Waals surface area contributed by atoms with Crippen molar-refractivity contribution >= 4 is 11.8 Å². The molecule has 16 heavy (non-hydrogen) atoms.